The van der Waals surface area contributed by atoms with Crippen LogP contribution >= 0.6 is 22.7 Å². The summed E-state index contributed by atoms with van der Waals surface area (Å²) in [6, 6.07) is 16.7. The Balaban J connectivity index is 1.72. The van der Waals surface area contributed by atoms with Gasteiger partial charge >= 0.3 is 5.97 Å². The van der Waals surface area contributed by atoms with Gasteiger partial charge in [-0.05, 0) is 23.6 Å². The number of esters is 1. The van der Waals surface area contributed by atoms with Gasteiger partial charge in [0.05, 0.1) is 53.2 Å². The zero-order valence-electron chi connectivity index (χ0n) is 19.7. The SMILES string of the molecule is COC(=O)Cn1c(=NC(=O)c2cc(-c3cccs3)nc3ccccc23)sc2cc(OC)c(OC)cc21. The summed E-state index contributed by atoms with van der Waals surface area (Å²) in [7, 11) is 4.40. The highest BCUT2D eigenvalue weighted by Gasteiger charge is 2.18. The molecular weight excluding hydrogens is 498 g/mol. The molecular formula is C26H21N3O5S2. The fourth-order valence-electron chi connectivity index (χ4n) is 3.88. The topological polar surface area (TPSA) is 92.0 Å². The number of thiazole rings is 1. The number of fused-ring (bicyclic) bond motifs is 2. The molecule has 0 unspecified atom stereocenters. The van der Waals surface area contributed by atoms with E-state index in [1.54, 1.807) is 41.2 Å². The van der Waals surface area contributed by atoms with Crippen molar-refractivity contribution in [2.75, 3.05) is 21.3 Å². The molecule has 1 amide bonds. The van der Waals surface area contributed by atoms with Crippen LogP contribution < -0.4 is 14.3 Å². The van der Waals surface area contributed by atoms with Crippen LogP contribution in [0.1, 0.15) is 10.4 Å². The predicted molar refractivity (Wildman–Crippen MR) is 140 cm³/mol. The Hall–Kier alpha value is -4.02. The lowest BCUT2D eigenvalue weighted by molar-refractivity contribution is -0.141. The van der Waals surface area contributed by atoms with Crippen molar-refractivity contribution in [3.63, 3.8) is 0 Å². The molecule has 0 aliphatic carbocycles. The van der Waals surface area contributed by atoms with Crippen LogP contribution in [0.5, 0.6) is 11.5 Å². The third-order valence-corrected chi connectivity index (χ3v) is 7.55. The van der Waals surface area contributed by atoms with Gasteiger partial charge in [-0.2, -0.15) is 4.99 Å². The normalized spacial score (nSPS) is 11.7. The van der Waals surface area contributed by atoms with Gasteiger partial charge in [0.15, 0.2) is 16.3 Å². The standard InChI is InChI=1S/C26H21N3O5S2/c1-32-20-12-19-23(13-21(20)33-2)36-26(29(19)14-24(30)34-3)28-25(31)16-11-18(22-9-6-10-35-22)27-17-8-5-4-7-15(16)17/h4-13H,14H2,1-3H3. The molecule has 2 aromatic carbocycles. The molecule has 0 aliphatic heterocycles. The maximum absolute atomic E-state index is 13.6. The molecule has 0 saturated carbocycles. The molecule has 5 aromatic rings. The van der Waals surface area contributed by atoms with E-state index in [-0.39, 0.29) is 6.54 Å². The number of rotatable bonds is 6. The number of amides is 1. The monoisotopic (exact) mass is 519 g/mol. The second-order valence-electron chi connectivity index (χ2n) is 7.69. The van der Waals surface area contributed by atoms with Crippen LogP contribution in [-0.2, 0) is 16.1 Å². The van der Waals surface area contributed by atoms with Crippen LogP contribution in [0.4, 0.5) is 0 Å². The summed E-state index contributed by atoms with van der Waals surface area (Å²) >= 11 is 2.82. The first-order valence-electron chi connectivity index (χ1n) is 10.9. The Kier molecular flexibility index (Phi) is 6.53. The molecule has 5 rings (SSSR count). The first kappa shape index (κ1) is 23.7. The number of thiophene rings is 1. The van der Waals surface area contributed by atoms with E-state index in [0.29, 0.717) is 44.0 Å². The number of ether oxygens (including phenoxy) is 3. The van der Waals surface area contributed by atoms with E-state index in [9.17, 15) is 9.59 Å². The number of hydrogen-bond donors (Lipinski definition) is 0. The summed E-state index contributed by atoms with van der Waals surface area (Å²) in [6.45, 7) is -0.115. The van der Waals surface area contributed by atoms with Gasteiger partial charge in [-0.15, -0.1) is 11.3 Å². The minimum atomic E-state index is -0.465. The van der Waals surface area contributed by atoms with E-state index in [4.69, 9.17) is 19.2 Å². The molecule has 0 fully saturated rings. The van der Waals surface area contributed by atoms with Crippen molar-refractivity contribution in [1.82, 2.24) is 9.55 Å². The van der Waals surface area contributed by atoms with Crippen LogP contribution in [0.3, 0.4) is 0 Å². The van der Waals surface area contributed by atoms with E-state index in [0.717, 1.165) is 9.58 Å². The van der Waals surface area contributed by atoms with Crippen LogP contribution in [0, 0.1) is 0 Å². The summed E-state index contributed by atoms with van der Waals surface area (Å²) in [6.07, 6.45) is 0. The van der Waals surface area contributed by atoms with Gasteiger partial charge in [-0.25, -0.2) is 4.98 Å². The zero-order chi connectivity index (χ0) is 25.2. The van der Waals surface area contributed by atoms with Gasteiger partial charge < -0.3 is 18.8 Å². The van der Waals surface area contributed by atoms with Crippen molar-refractivity contribution < 1.29 is 23.8 Å². The van der Waals surface area contributed by atoms with E-state index in [1.807, 2.05) is 41.8 Å². The second-order valence-corrected chi connectivity index (χ2v) is 9.65. The summed E-state index contributed by atoms with van der Waals surface area (Å²) in [4.78, 5) is 36.4. The van der Waals surface area contributed by atoms with Gasteiger partial charge in [0.2, 0.25) is 0 Å². The molecule has 0 aliphatic rings. The molecule has 0 radical (unpaired) electrons. The van der Waals surface area contributed by atoms with E-state index in [2.05, 4.69) is 4.99 Å². The minimum Gasteiger partial charge on any atom is -0.493 e. The van der Waals surface area contributed by atoms with Crippen LogP contribution in [0.25, 0.3) is 31.7 Å². The number of para-hydroxylation sites is 1. The molecule has 182 valence electrons. The lowest BCUT2D eigenvalue weighted by atomic mass is 10.1. The van der Waals surface area contributed by atoms with Crippen molar-refractivity contribution >= 4 is 55.7 Å². The summed E-state index contributed by atoms with van der Waals surface area (Å²) in [5, 5.41) is 2.67. The largest absolute Gasteiger partial charge is 0.493 e. The van der Waals surface area contributed by atoms with Crippen molar-refractivity contribution in [2.24, 2.45) is 4.99 Å². The average molecular weight is 520 g/mol. The molecule has 3 aromatic heterocycles. The summed E-state index contributed by atoms with van der Waals surface area (Å²) in [5.41, 5.74) is 2.51. The fraction of sp³-hybridized carbons (Fsp3) is 0.154. The van der Waals surface area contributed by atoms with Gasteiger partial charge in [-0.3, -0.25) is 9.59 Å². The lowest BCUT2D eigenvalue weighted by Crippen LogP contribution is -2.22. The van der Waals surface area contributed by atoms with Crippen molar-refractivity contribution in [1.29, 1.82) is 0 Å². The van der Waals surface area contributed by atoms with Gasteiger partial charge in [0.25, 0.3) is 5.91 Å². The average Bonchev–Trinajstić information content (AvgIpc) is 3.55. The Labute approximate surface area is 214 Å². The highest BCUT2D eigenvalue weighted by atomic mass is 32.1. The molecule has 0 spiro atoms. The number of benzene rings is 2. The lowest BCUT2D eigenvalue weighted by Gasteiger charge is -2.09. The van der Waals surface area contributed by atoms with E-state index in [1.165, 1.54) is 25.6 Å². The predicted octanol–water partition coefficient (Wildman–Crippen LogP) is 4.91. The van der Waals surface area contributed by atoms with Crippen molar-refractivity contribution in [3.8, 4) is 22.1 Å². The number of hydrogen-bond acceptors (Lipinski definition) is 8. The molecule has 0 saturated heterocycles. The van der Waals surface area contributed by atoms with Crippen LogP contribution in [-0.4, -0.2) is 42.8 Å². The van der Waals surface area contributed by atoms with Crippen molar-refractivity contribution in [3.05, 3.63) is 70.3 Å². The number of carbonyl (C=O) groups excluding carboxylic acids is 2. The van der Waals surface area contributed by atoms with Gasteiger partial charge in [-0.1, -0.05) is 35.6 Å². The molecule has 36 heavy (non-hydrogen) atoms. The highest BCUT2D eigenvalue weighted by Crippen LogP contribution is 2.33. The van der Waals surface area contributed by atoms with E-state index < -0.39 is 11.9 Å². The third-order valence-electron chi connectivity index (χ3n) is 5.62. The quantitative estimate of drug-likeness (QED) is 0.296. The molecule has 0 N–H and O–H groups in total. The molecule has 0 atom stereocenters. The first-order chi connectivity index (χ1) is 17.5. The molecule has 10 heteroatoms. The Morgan fingerprint density at radius 2 is 1.78 bits per heavy atom. The Bertz CT molecular complexity index is 1670. The maximum Gasteiger partial charge on any atom is 0.325 e. The number of methoxy groups -OCH3 is 3. The smallest absolute Gasteiger partial charge is 0.325 e. The number of carbonyl (C=O) groups is 2. The highest BCUT2D eigenvalue weighted by molar-refractivity contribution is 7.16. The van der Waals surface area contributed by atoms with Crippen molar-refractivity contribution in [2.45, 2.75) is 6.54 Å². The zero-order valence-corrected chi connectivity index (χ0v) is 21.3. The van der Waals surface area contributed by atoms with Gasteiger partial charge in [0, 0.05) is 17.5 Å². The Morgan fingerprint density at radius 1 is 1.00 bits per heavy atom. The third kappa shape index (κ3) is 4.36. The summed E-state index contributed by atoms with van der Waals surface area (Å²) < 4.78 is 18.2. The van der Waals surface area contributed by atoms with Crippen LogP contribution in [0.15, 0.2) is 65.0 Å². The summed E-state index contributed by atoms with van der Waals surface area (Å²) in [5.74, 6) is 0.137. The van der Waals surface area contributed by atoms with Crippen LogP contribution in [0.2, 0.25) is 0 Å². The first-order valence-corrected chi connectivity index (χ1v) is 12.6. The number of pyridine rings is 1. The molecule has 0 bridgehead atoms. The Morgan fingerprint density at radius 3 is 2.50 bits per heavy atom. The number of aromatic nitrogens is 2. The minimum absolute atomic E-state index is 0.115. The van der Waals surface area contributed by atoms with Gasteiger partial charge in [0.1, 0.15) is 6.54 Å². The van der Waals surface area contributed by atoms with E-state index >= 15 is 0 Å². The molecule has 8 nitrogen and oxygen atoms in total. The number of nitrogens with zero attached hydrogens (tertiary/aromatic N) is 3. The fourth-order valence-corrected chi connectivity index (χ4v) is 5.60. The second kappa shape index (κ2) is 9.92. The maximum atomic E-state index is 13.6. The molecule has 3 heterocycles.